The first-order chi connectivity index (χ1) is 6.15. The Kier molecular flexibility index (Phi) is 3.11. The molecule has 0 N–H and O–H groups in total. The number of aryl methyl sites for hydroxylation is 1. The van der Waals surface area contributed by atoms with Crippen LogP contribution in [0, 0.1) is 6.92 Å². The molecule has 0 aliphatic heterocycles. The van der Waals surface area contributed by atoms with E-state index in [1.807, 2.05) is 0 Å². The van der Waals surface area contributed by atoms with Crippen molar-refractivity contribution in [3.05, 3.63) is 23.5 Å². The van der Waals surface area contributed by atoms with Gasteiger partial charge in [0, 0.05) is 11.3 Å². The van der Waals surface area contributed by atoms with E-state index < -0.39 is 13.3 Å². The lowest BCUT2D eigenvalue weighted by molar-refractivity contribution is 0.148. The van der Waals surface area contributed by atoms with Gasteiger partial charge in [-0.2, -0.15) is 0 Å². The number of nitrogens with zero attached hydrogens (tertiary/aromatic N) is 1. The van der Waals surface area contributed by atoms with Crippen LogP contribution in [0.15, 0.2) is 12.3 Å². The van der Waals surface area contributed by atoms with Crippen LogP contribution in [-0.4, -0.2) is 11.8 Å². The maximum atomic E-state index is 12.3. The first kappa shape index (κ1) is 9.83. The quantitative estimate of drug-likeness (QED) is 0.732. The van der Waals surface area contributed by atoms with Crippen LogP contribution in [-0.2, 0) is 0 Å². The molecule has 0 aromatic carbocycles. The van der Waals surface area contributed by atoms with Gasteiger partial charge in [-0.1, -0.05) is 0 Å². The number of ether oxygens (including phenoxy) is 1. The molecule has 0 radical (unpaired) electrons. The van der Waals surface area contributed by atoms with Gasteiger partial charge in [-0.25, -0.2) is 13.2 Å². The smallest absolute Gasteiger partial charge is 0.265 e. The third kappa shape index (κ3) is 2.34. The Morgan fingerprint density at radius 1 is 1.54 bits per heavy atom. The number of pyridine rings is 1. The Labute approximate surface area is 73.4 Å². The van der Waals surface area contributed by atoms with Crippen LogP contribution in [0.3, 0.4) is 0 Å². The van der Waals surface area contributed by atoms with Gasteiger partial charge in [0.15, 0.2) is 0 Å². The Morgan fingerprint density at radius 3 is 2.77 bits per heavy atom. The number of hydrogen-bond acceptors (Lipinski definition) is 2. The summed E-state index contributed by atoms with van der Waals surface area (Å²) in [6, 6.07) is 1.09. The molecule has 0 unspecified atom stereocenters. The summed E-state index contributed by atoms with van der Waals surface area (Å²) in [5, 5.41) is 0. The second-order valence-corrected chi connectivity index (χ2v) is 2.40. The van der Waals surface area contributed by atoms with Crippen molar-refractivity contribution in [2.24, 2.45) is 0 Å². The van der Waals surface area contributed by atoms with E-state index in [0.717, 1.165) is 6.07 Å². The van der Waals surface area contributed by atoms with Gasteiger partial charge in [0.2, 0.25) is 6.86 Å². The lowest BCUT2D eigenvalue weighted by Gasteiger charge is -2.06. The molecule has 1 aromatic rings. The summed E-state index contributed by atoms with van der Waals surface area (Å²) in [7, 11) is 0. The van der Waals surface area contributed by atoms with E-state index in [4.69, 9.17) is 0 Å². The number of alkyl halides is 3. The van der Waals surface area contributed by atoms with E-state index in [9.17, 15) is 13.2 Å². The second kappa shape index (κ2) is 4.11. The molecule has 0 saturated heterocycles. The fraction of sp³-hybridized carbons (Fsp3) is 0.375. The molecule has 72 valence electrons. The summed E-state index contributed by atoms with van der Waals surface area (Å²) in [6.07, 6.45) is -1.41. The van der Waals surface area contributed by atoms with Gasteiger partial charge in [-0.05, 0) is 13.0 Å². The first-order valence-corrected chi connectivity index (χ1v) is 3.58. The molecule has 1 heterocycles. The summed E-state index contributed by atoms with van der Waals surface area (Å²) in [5.41, 5.74) is -0.00726. The number of aromatic nitrogens is 1. The van der Waals surface area contributed by atoms with Crippen molar-refractivity contribution < 1.29 is 17.9 Å². The topological polar surface area (TPSA) is 22.1 Å². The Morgan fingerprint density at radius 2 is 2.23 bits per heavy atom. The predicted molar refractivity (Wildman–Crippen MR) is 40.5 cm³/mol. The maximum absolute atomic E-state index is 12.3. The molecule has 5 heteroatoms. The monoisotopic (exact) mass is 191 g/mol. The van der Waals surface area contributed by atoms with Crippen LogP contribution in [0.2, 0.25) is 0 Å². The lowest BCUT2D eigenvalue weighted by atomic mass is 10.2. The second-order valence-electron chi connectivity index (χ2n) is 2.40. The van der Waals surface area contributed by atoms with Gasteiger partial charge >= 0.3 is 0 Å². The van der Waals surface area contributed by atoms with E-state index in [1.165, 1.54) is 13.1 Å². The Balaban J connectivity index is 2.97. The number of halogens is 3. The van der Waals surface area contributed by atoms with Crippen molar-refractivity contribution in [3.63, 3.8) is 0 Å². The van der Waals surface area contributed by atoms with E-state index in [2.05, 4.69) is 9.72 Å². The molecule has 0 spiro atoms. The fourth-order valence-corrected chi connectivity index (χ4v) is 0.893. The highest BCUT2D eigenvalue weighted by Gasteiger charge is 2.12. The number of hydrogen-bond donors (Lipinski definition) is 0. The molecule has 1 aromatic heterocycles. The van der Waals surface area contributed by atoms with Crippen molar-refractivity contribution in [3.8, 4) is 5.75 Å². The third-order valence-electron chi connectivity index (χ3n) is 1.56. The minimum atomic E-state index is -2.62. The summed E-state index contributed by atoms with van der Waals surface area (Å²) in [5.74, 6) is 0.0170. The zero-order valence-electron chi connectivity index (χ0n) is 6.93. The van der Waals surface area contributed by atoms with Crippen molar-refractivity contribution in [2.45, 2.75) is 13.3 Å². The molecule has 0 aliphatic rings. The zero-order chi connectivity index (χ0) is 9.84. The molecule has 0 saturated carbocycles. The molecular weight excluding hydrogens is 183 g/mol. The highest BCUT2D eigenvalue weighted by Crippen LogP contribution is 2.24. The largest absolute Gasteiger partial charge is 0.461 e. The SMILES string of the molecule is Cc1ncc(OCF)cc1C(F)F. The van der Waals surface area contributed by atoms with Crippen molar-refractivity contribution in [1.29, 1.82) is 0 Å². The maximum Gasteiger partial charge on any atom is 0.265 e. The molecule has 1 rings (SSSR count). The first-order valence-electron chi connectivity index (χ1n) is 3.58. The van der Waals surface area contributed by atoms with E-state index in [0.29, 0.717) is 0 Å². The van der Waals surface area contributed by atoms with Gasteiger partial charge in [0.1, 0.15) is 5.75 Å². The molecule has 0 fully saturated rings. The summed E-state index contributed by atoms with van der Waals surface area (Å²) in [4.78, 5) is 3.65. The van der Waals surface area contributed by atoms with Crippen molar-refractivity contribution >= 4 is 0 Å². The fourth-order valence-electron chi connectivity index (χ4n) is 0.893. The average Bonchev–Trinajstić information content (AvgIpc) is 2.08. The van der Waals surface area contributed by atoms with Gasteiger partial charge in [-0.15, -0.1) is 0 Å². The third-order valence-corrected chi connectivity index (χ3v) is 1.56. The summed E-state index contributed by atoms with van der Waals surface area (Å²) >= 11 is 0. The van der Waals surface area contributed by atoms with Gasteiger partial charge in [0.05, 0.1) is 6.20 Å². The minimum absolute atomic E-state index is 0.0170. The molecule has 0 aliphatic carbocycles. The molecule has 2 nitrogen and oxygen atoms in total. The highest BCUT2D eigenvalue weighted by atomic mass is 19.3. The molecule has 0 atom stereocenters. The predicted octanol–water partition coefficient (Wildman–Crippen LogP) is 2.63. The van der Waals surface area contributed by atoms with E-state index in [-0.39, 0.29) is 17.0 Å². The Hall–Kier alpha value is -1.26. The van der Waals surface area contributed by atoms with Crippen LogP contribution < -0.4 is 4.74 Å². The summed E-state index contributed by atoms with van der Waals surface area (Å²) in [6.45, 7) is 0.411. The molecule has 13 heavy (non-hydrogen) atoms. The molecule has 0 bridgehead atoms. The van der Waals surface area contributed by atoms with Gasteiger partial charge in [-0.3, -0.25) is 4.98 Å². The van der Waals surface area contributed by atoms with Crippen molar-refractivity contribution in [1.82, 2.24) is 4.98 Å². The van der Waals surface area contributed by atoms with Gasteiger partial charge in [0.25, 0.3) is 6.43 Å². The minimum Gasteiger partial charge on any atom is -0.461 e. The number of rotatable bonds is 3. The molecular formula is C8H8F3NO. The average molecular weight is 191 g/mol. The Bertz CT molecular complexity index is 291. The van der Waals surface area contributed by atoms with E-state index >= 15 is 0 Å². The van der Waals surface area contributed by atoms with E-state index in [1.54, 1.807) is 0 Å². The van der Waals surface area contributed by atoms with Crippen LogP contribution >= 0.6 is 0 Å². The summed E-state index contributed by atoms with van der Waals surface area (Å²) < 4.78 is 40.6. The van der Waals surface area contributed by atoms with Crippen LogP contribution in [0.5, 0.6) is 5.75 Å². The standard InChI is InChI=1S/C8H8F3NO/c1-5-7(8(10)11)2-6(3-12-5)13-4-9/h2-3,8H,4H2,1H3. The van der Waals surface area contributed by atoms with Gasteiger partial charge < -0.3 is 4.74 Å². The lowest BCUT2D eigenvalue weighted by Crippen LogP contribution is -1.97. The zero-order valence-corrected chi connectivity index (χ0v) is 6.93. The van der Waals surface area contributed by atoms with Crippen LogP contribution in [0.1, 0.15) is 17.7 Å². The normalized spacial score (nSPS) is 10.5. The van der Waals surface area contributed by atoms with Crippen LogP contribution in [0.4, 0.5) is 13.2 Å². The highest BCUT2D eigenvalue weighted by molar-refractivity contribution is 5.29. The van der Waals surface area contributed by atoms with Crippen molar-refractivity contribution in [2.75, 3.05) is 6.86 Å². The van der Waals surface area contributed by atoms with Crippen LogP contribution in [0.25, 0.3) is 0 Å². The molecule has 0 amide bonds.